The molecular weight excluding hydrogens is 292 g/mol. The Morgan fingerprint density at radius 1 is 1.17 bits per heavy atom. The molecule has 4 heteroatoms. The number of carboxylic acid groups (broad SMARTS) is 1. The highest BCUT2D eigenvalue weighted by Gasteiger charge is 2.29. The molecule has 0 amide bonds. The first-order valence-corrected chi connectivity index (χ1v) is 7.61. The maximum Gasteiger partial charge on any atom is 0.327 e. The summed E-state index contributed by atoms with van der Waals surface area (Å²) in [5.41, 5.74) is 0.341. The molecule has 2 aromatic carbocycles. The number of allylic oxidation sites excluding steroid dienone is 1. The Balaban J connectivity index is 2.27. The average molecular weight is 314 g/mol. The molecule has 0 fully saturated rings. The quantitative estimate of drug-likeness (QED) is 0.704. The van der Waals surface area contributed by atoms with E-state index >= 15 is 0 Å². The third-order valence-corrected chi connectivity index (χ3v) is 4.19. The first-order valence-electron chi connectivity index (χ1n) is 7.61. The van der Waals surface area contributed by atoms with Crippen LogP contribution in [0.4, 0.5) is 0 Å². The smallest absolute Gasteiger partial charge is 0.327 e. The Labute approximate surface area is 135 Å². The number of aliphatic carboxylic acids is 1. The van der Waals surface area contributed by atoms with E-state index in [1.807, 2.05) is 38.1 Å². The number of carbonyl (C=O) groups is 1. The van der Waals surface area contributed by atoms with Crippen molar-refractivity contribution < 1.29 is 20.1 Å². The van der Waals surface area contributed by atoms with Crippen molar-refractivity contribution in [2.45, 2.75) is 32.8 Å². The monoisotopic (exact) mass is 314 g/mol. The maximum atomic E-state index is 10.8. The second kappa shape index (κ2) is 6.84. The lowest BCUT2D eigenvalue weighted by atomic mass is 9.77. The van der Waals surface area contributed by atoms with Crippen LogP contribution in [0.2, 0.25) is 0 Å². The fourth-order valence-corrected chi connectivity index (χ4v) is 2.74. The molecule has 1 atom stereocenters. The molecule has 23 heavy (non-hydrogen) atoms. The van der Waals surface area contributed by atoms with Crippen LogP contribution in [0.15, 0.2) is 48.6 Å². The van der Waals surface area contributed by atoms with Crippen LogP contribution in [0.1, 0.15) is 38.4 Å². The van der Waals surface area contributed by atoms with Gasteiger partial charge in [-0.2, -0.15) is 0 Å². The molecule has 0 unspecified atom stereocenters. The number of fused-ring (bicyclic) bond motifs is 1. The van der Waals surface area contributed by atoms with E-state index in [9.17, 15) is 15.0 Å². The summed E-state index contributed by atoms with van der Waals surface area (Å²) in [7, 11) is 0. The number of phenols is 1. The van der Waals surface area contributed by atoms with Crippen LogP contribution in [0.25, 0.3) is 10.8 Å². The Morgan fingerprint density at radius 2 is 1.83 bits per heavy atom. The van der Waals surface area contributed by atoms with Crippen molar-refractivity contribution in [1.29, 1.82) is 0 Å². The van der Waals surface area contributed by atoms with Crippen LogP contribution in [-0.2, 0) is 4.79 Å². The zero-order valence-electron chi connectivity index (χ0n) is 13.4. The first kappa shape index (κ1) is 17.0. The molecule has 0 aliphatic carbocycles. The summed E-state index contributed by atoms with van der Waals surface area (Å²) in [4.78, 5) is 10.5. The topological polar surface area (TPSA) is 77.8 Å². The SMILES string of the molecule is CC(C)(CC/C=C/C(=O)O)[C@H](O)c1ccc(O)c2ccccc12. The Kier molecular flexibility index (Phi) is 5.06. The summed E-state index contributed by atoms with van der Waals surface area (Å²) in [6.07, 6.45) is 3.23. The predicted octanol–water partition coefficient (Wildman–Crippen LogP) is 4.03. The van der Waals surface area contributed by atoms with Crippen molar-refractivity contribution >= 4 is 16.7 Å². The summed E-state index contributed by atoms with van der Waals surface area (Å²) in [6, 6.07) is 10.8. The number of benzene rings is 2. The Bertz CT molecular complexity index is 731. The molecular formula is C19H22O4. The highest BCUT2D eigenvalue weighted by Crippen LogP contribution is 2.41. The Hall–Kier alpha value is -2.33. The molecule has 0 aliphatic rings. The molecule has 0 bridgehead atoms. The van der Waals surface area contributed by atoms with Gasteiger partial charge in [-0.25, -0.2) is 4.79 Å². The molecule has 0 saturated heterocycles. The van der Waals surface area contributed by atoms with Crippen molar-refractivity contribution in [3.63, 3.8) is 0 Å². The fraction of sp³-hybridized carbons (Fsp3) is 0.316. The summed E-state index contributed by atoms with van der Waals surface area (Å²) >= 11 is 0. The third-order valence-electron chi connectivity index (χ3n) is 4.19. The van der Waals surface area contributed by atoms with E-state index in [0.717, 1.165) is 17.0 Å². The number of aliphatic hydroxyl groups is 1. The summed E-state index contributed by atoms with van der Waals surface area (Å²) in [5.74, 6) is -0.772. The van der Waals surface area contributed by atoms with Crippen molar-refractivity contribution in [3.05, 3.63) is 54.1 Å². The van der Waals surface area contributed by atoms with Crippen LogP contribution in [0.3, 0.4) is 0 Å². The van der Waals surface area contributed by atoms with E-state index in [4.69, 9.17) is 5.11 Å². The average Bonchev–Trinajstić information content (AvgIpc) is 2.51. The number of aromatic hydroxyl groups is 1. The van der Waals surface area contributed by atoms with Crippen molar-refractivity contribution in [2.24, 2.45) is 5.41 Å². The van der Waals surface area contributed by atoms with Crippen LogP contribution >= 0.6 is 0 Å². The molecule has 0 radical (unpaired) electrons. The van der Waals surface area contributed by atoms with Gasteiger partial charge < -0.3 is 15.3 Å². The number of carboxylic acids is 1. The van der Waals surface area contributed by atoms with Crippen molar-refractivity contribution in [2.75, 3.05) is 0 Å². The van der Waals surface area contributed by atoms with Gasteiger partial charge in [0, 0.05) is 11.5 Å². The molecule has 0 aliphatic heterocycles. The third kappa shape index (κ3) is 3.90. The molecule has 4 nitrogen and oxygen atoms in total. The number of aliphatic hydroxyl groups excluding tert-OH is 1. The van der Waals surface area contributed by atoms with Gasteiger partial charge in [0.25, 0.3) is 0 Å². The molecule has 0 saturated carbocycles. The minimum atomic E-state index is -0.965. The normalized spacial score (nSPS) is 13.5. The number of hydrogen-bond donors (Lipinski definition) is 3. The van der Waals surface area contributed by atoms with Crippen LogP contribution < -0.4 is 0 Å². The maximum absolute atomic E-state index is 10.8. The van der Waals surface area contributed by atoms with Gasteiger partial charge in [-0.1, -0.05) is 50.3 Å². The van der Waals surface area contributed by atoms with E-state index < -0.39 is 17.5 Å². The van der Waals surface area contributed by atoms with E-state index in [1.54, 1.807) is 18.2 Å². The van der Waals surface area contributed by atoms with Gasteiger partial charge in [0.1, 0.15) is 5.75 Å². The molecule has 2 aromatic rings. The Morgan fingerprint density at radius 3 is 2.48 bits per heavy atom. The summed E-state index contributed by atoms with van der Waals surface area (Å²) in [6.45, 7) is 3.90. The first-order chi connectivity index (χ1) is 10.8. The zero-order chi connectivity index (χ0) is 17.0. The number of phenolic OH excluding ortho intramolecular Hbond substituents is 1. The molecule has 0 spiro atoms. The number of hydrogen-bond acceptors (Lipinski definition) is 3. The van der Waals surface area contributed by atoms with Crippen LogP contribution in [0, 0.1) is 5.41 Å². The molecule has 0 aromatic heterocycles. The minimum Gasteiger partial charge on any atom is -0.507 e. The van der Waals surface area contributed by atoms with Crippen molar-refractivity contribution in [3.8, 4) is 5.75 Å². The zero-order valence-corrected chi connectivity index (χ0v) is 13.4. The minimum absolute atomic E-state index is 0.193. The lowest BCUT2D eigenvalue weighted by Gasteiger charge is -2.31. The molecule has 3 N–H and O–H groups in total. The predicted molar refractivity (Wildman–Crippen MR) is 90.4 cm³/mol. The number of rotatable bonds is 6. The molecule has 2 rings (SSSR count). The van der Waals surface area contributed by atoms with Gasteiger partial charge in [0.2, 0.25) is 0 Å². The molecule has 122 valence electrons. The van der Waals surface area contributed by atoms with Gasteiger partial charge in [-0.3, -0.25) is 0 Å². The lowest BCUT2D eigenvalue weighted by molar-refractivity contribution is -0.131. The highest BCUT2D eigenvalue weighted by molar-refractivity contribution is 5.91. The van der Waals surface area contributed by atoms with Gasteiger partial charge in [0.15, 0.2) is 0 Å². The van der Waals surface area contributed by atoms with Crippen molar-refractivity contribution in [1.82, 2.24) is 0 Å². The van der Waals surface area contributed by atoms with E-state index in [-0.39, 0.29) is 5.75 Å². The highest BCUT2D eigenvalue weighted by atomic mass is 16.4. The van der Waals surface area contributed by atoms with E-state index in [2.05, 4.69) is 0 Å². The van der Waals surface area contributed by atoms with Crippen LogP contribution in [-0.4, -0.2) is 21.3 Å². The fourth-order valence-electron chi connectivity index (χ4n) is 2.74. The molecule has 0 heterocycles. The van der Waals surface area contributed by atoms with Gasteiger partial charge in [0.05, 0.1) is 6.10 Å². The van der Waals surface area contributed by atoms with Gasteiger partial charge in [-0.05, 0) is 35.3 Å². The second-order valence-electron chi connectivity index (χ2n) is 6.39. The van der Waals surface area contributed by atoms with E-state index in [1.165, 1.54) is 0 Å². The lowest BCUT2D eigenvalue weighted by Crippen LogP contribution is -2.22. The largest absolute Gasteiger partial charge is 0.507 e. The van der Waals surface area contributed by atoms with Gasteiger partial charge >= 0.3 is 5.97 Å². The van der Waals surface area contributed by atoms with Gasteiger partial charge in [-0.15, -0.1) is 0 Å². The standard InChI is InChI=1S/C19H22O4/c1-19(2,12-6-5-9-17(21)22)18(23)15-10-11-16(20)14-8-4-3-7-13(14)15/h3-5,7-11,18,20,23H,6,12H2,1-2H3,(H,21,22)/b9-5+/t18-/m1/s1. The summed E-state index contributed by atoms with van der Waals surface area (Å²) in [5, 5.41) is 30.9. The van der Waals surface area contributed by atoms with E-state index in [0.29, 0.717) is 18.2 Å². The second-order valence-corrected chi connectivity index (χ2v) is 6.39. The van der Waals surface area contributed by atoms with Crippen LogP contribution in [0.5, 0.6) is 5.75 Å². The summed E-state index contributed by atoms with van der Waals surface area (Å²) < 4.78 is 0.